The lowest BCUT2D eigenvalue weighted by molar-refractivity contribution is -0.115. The summed E-state index contributed by atoms with van der Waals surface area (Å²) in [4.78, 5) is 25.2. The Morgan fingerprint density at radius 1 is 1.08 bits per heavy atom. The molecule has 0 heterocycles. The van der Waals surface area contributed by atoms with Crippen LogP contribution in [0.4, 0.5) is 4.79 Å². The maximum absolute atomic E-state index is 12.5. The number of amides is 1. The van der Waals surface area contributed by atoms with E-state index in [4.69, 9.17) is 16.3 Å². The van der Waals surface area contributed by atoms with E-state index >= 15 is 0 Å². The summed E-state index contributed by atoms with van der Waals surface area (Å²) in [6.07, 6.45) is -0.603. The molecule has 0 aromatic heterocycles. The van der Waals surface area contributed by atoms with Crippen molar-refractivity contribution in [3.63, 3.8) is 0 Å². The van der Waals surface area contributed by atoms with Crippen LogP contribution in [0.3, 0.4) is 0 Å². The lowest BCUT2D eigenvalue weighted by Gasteiger charge is -2.25. The number of rotatable bonds is 4. The molecule has 2 aromatic carbocycles. The molecule has 2 aromatic rings. The molecule has 0 saturated carbocycles. The van der Waals surface area contributed by atoms with Gasteiger partial charge in [-0.2, -0.15) is 0 Å². The van der Waals surface area contributed by atoms with Crippen molar-refractivity contribution in [1.82, 2.24) is 4.90 Å². The number of carbonyl (C=O) groups excluding carboxylic acids is 2. The Bertz CT molecular complexity index is 744. The lowest BCUT2D eigenvalue weighted by atomic mass is 10.1. The third-order valence-corrected chi connectivity index (χ3v) is 4.65. The molecule has 0 radical (unpaired) electrons. The molecule has 0 fully saturated rings. The minimum absolute atomic E-state index is 0.436. The zero-order valence-corrected chi connectivity index (χ0v) is 14.3. The molecule has 3 rings (SSSR count). The molecule has 0 N–H and O–H groups in total. The number of hydrogen-bond acceptors (Lipinski definition) is 3. The number of nitrogens with zero attached hydrogens (tertiary/aromatic N) is 1. The van der Waals surface area contributed by atoms with Crippen molar-refractivity contribution in [2.45, 2.75) is 25.5 Å². The molecule has 1 atom stereocenters. The molecule has 1 amide bonds. The van der Waals surface area contributed by atoms with Crippen molar-refractivity contribution in [3.05, 3.63) is 59.7 Å². The highest BCUT2D eigenvalue weighted by molar-refractivity contribution is 6.64. The van der Waals surface area contributed by atoms with Crippen LogP contribution in [0.5, 0.6) is 0 Å². The Labute approximate surface area is 146 Å². The van der Waals surface area contributed by atoms with Gasteiger partial charge < -0.3 is 4.74 Å². The molecule has 1 aliphatic rings. The summed E-state index contributed by atoms with van der Waals surface area (Å²) in [5.74, 6) is 0. The molecule has 124 valence electrons. The standard InChI is InChI=1S/C19H18ClNO3/c1-3-16(18(20)22)21(2)19(23)24-17-14-10-6-4-8-12(14)13-9-5-7-11-15(13)17/h4-11,16-17H,3H2,1-2H3. The first-order chi connectivity index (χ1) is 11.5. The Balaban J connectivity index is 1.90. The topological polar surface area (TPSA) is 46.6 Å². The summed E-state index contributed by atoms with van der Waals surface area (Å²) >= 11 is 5.57. The van der Waals surface area contributed by atoms with Crippen LogP contribution in [0.1, 0.15) is 30.6 Å². The number of carbonyl (C=O) groups is 2. The van der Waals surface area contributed by atoms with E-state index in [1.54, 1.807) is 6.92 Å². The molecule has 0 spiro atoms. The Hall–Kier alpha value is -2.33. The van der Waals surface area contributed by atoms with Crippen LogP contribution in [0.25, 0.3) is 11.1 Å². The molecule has 0 saturated heterocycles. The maximum atomic E-state index is 12.5. The molecular weight excluding hydrogens is 326 g/mol. The van der Waals surface area contributed by atoms with Crippen molar-refractivity contribution < 1.29 is 14.3 Å². The summed E-state index contributed by atoms with van der Waals surface area (Å²) in [6.45, 7) is 1.80. The predicted octanol–water partition coefficient (Wildman–Crippen LogP) is 4.37. The molecule has 1 aliphatic carbocycles. The highest BCUT2D eigenvalue weighted by Gasteiger charge is 2.33. The monoisotopic (exact) mass is 343 g/mol. The molecular formula is C19H18ClNO3. The van der Waals surface area contributed by atoms with Gasteiger partial charge >= 0.3 is 6.09 Å². The quantitative estimate of drug-likeness (QED) is 0.774. The summed E-state index contributed by atoms with van der Waals surface area (Å²) in [5.41, 5.74) is 4.03. The fourth-order valence-electron chi connectivity index (χ4n) is 3.13. The first kappa shape index (κ1) is 16.5. The zero-order chi connectivity index (χ0) is 17.3. The summed E-state index contributed by atoms with van der Waals surface area (Å²) in [7, 11) is 1.53. The van der Waals surface area contributed by atoms with Gasteiger partial charge in [0.25, 0.3) is 0 Å². The van der Waals surface area contributed by atoms with Crippen molar-refractivity contribution >= 4 is 22.9 Å². The normalized spacial score (nSPS) is 13.8. The summed E-state index contributed by atoms with van der Waals surface area (Å²) in [5, 5.41) is -0.566. The fourth-order valence-corrected chi connectivity index (χ4v) is 3.43. The van der Waals surface area contributed by atoms with Crippen molar-refractivity contribution in [3.8, 4) is 11.1 Å². The molecule has 1 unspecified atom stereocenters. The van der Waals surface area contributed by atoms with Crippen LogP contribution in [0, 0.1) is 0 Å². The maximum Gasteiger partial charge on any atom is 0.411 e. The Morgan fingerprint density at radius 3 is 2.04 bits per heavy atom. The SMILES string of the molecule is CCC(C(=O)Cl)N(C)C(=O)OC1c2ccccc2-c2ccccc21. The average Bonchev–Trinajstić information content (AvgIpc) is 2.90. The van der Waals surface area contributed by atoms with E-state index in [2.05, 4.69) is 0 Å². The number of benzene rings is 2. The van der Waals surface area contributed by atoms with Crippen LogP contribution in [-0.2, 0) is 9.53 Å². The largest absolute Gasteiger partial charge is 0.436 e. The van der Waals surface area contributed by atoms with Gasteiger partial charge in [0.15, 0.2) is 6.10 Å². The fraction of sp³-hybridized carbons (Fsp3) is 0.263. The van der Waals surface area contributed by atoms with Gasteiger partial charge in [-0.1, -0.05) is 55.5 Å². The Morgan fingerprint density at radius 2 is 1.58 bits per heavy atom. The Kier molecular flexibility index (Phi) is 4.58. The molecule has 4 nitrogen and oxygen atoms in total. The van der Waals surface area contributed by atoms with Gasteiger partial charge in [0.1, 0.15) is 6.04 Å². The van der Waals surface area contributed by atoms with Gasteiger partial charge in [0.2, 0.25) is 5.24 Å². The van der Waals surface area contributed by atoms with Gasteiger partial charge in [-0.05, 0) is 29.1 Å². The minimum Gasteiger partial charge on any atom is -0.436 e. The van der Waals surface area contributed by atoms with E-state index in [0.717, 1.165) is 22.3 Å². The number of hydrogen-bond donors (Lipinski definition) is 0. The third kappa shape index (κ3) is 2.78. The average molecular weight is 344 g/mol. The number of halogens is 1. The summed E-state index contributed by atoms with van der Waals surface area (Å²) < 4.78 is 5.74. The second-order valence-electron chi connectivity index (χ2n) is 5.78. The molecule has 5 heteroatoms. The number of ether oxygens (including phenoxy) is 1. The van der Waals surface area contributed by atoms with Crippen molar-refractivity contribution in [1.29, 1.82) is 0 Å². The van der Waals surface area contributed by atoms with E-state index in [1.807, 2.05) is 48.5 Å². The van der Waals surface area contributed by atoms with Gasteiger partial charge in [0, 0.05) is 18.2 Å². The van der Waals surface area contributed by atoms with E-state index in [1.165, 1.54) is 11.9 Å². The lowest BCUT2D eigenvalue weighted by Crippen LogP contribution is -2.41. The molecule has 0 aliphatic heterocycles. The van der Waals surface area contributed by atoms with Gasteiger partial charge in [-0.3, -0.25) is 9.69 Å². The highest BCUT2D eigenvalue weighted by atomic mass is 35.5. The smallest absolute Gasteiger partial charge is 0.411 e. The van der Waals surface area contributed by atoms with Crippen LogP contribution in [0.2, 0.25) is 0 Å². The van der Waals surface area contributed by atoms with Crippen LogP contribution in [-0.4, -0.2) is 29.3 Å². The first-order valence-electron chi connectivity index (χ1n) is 7.85. The first-order valence-corrected chi connectivity index (χ1v) is 8.23. The van der Waals surface area contributed by atoms with Gasteiger partial charge in [-0.15, -0.1) is 0 Å². The number of likely N-dealkylation sites (N-methyl/N-ethyl adjacent to an activating group) is 1. The van der Waals surface area contributed by atoms with E-state index < -0.39 is 23.5 Å². The third-order valence-electron chi connectivity index (χ3n) is 4.40. The van der Waals surface area contributed by atoms with Crippen molar-refractivity contribution in [2.75, 3.05) is 7.05 Å². The second-order valence-corrected chi connectivity index (χ2v) is 6.15. The van der Waals surface area contributed by atoms with Crippen LogP contribution in [0.15, 0.2) is 48.5 Å². The predicted molar refractivity (Wildman–Crippen MR) is 92.9 cm³/mol. The second kappa shape index (κ2) is 6.65. The van der Waals surface area contributed by atoms with Gasteiger partial charge in [-0.25, -0.2) is 4.79 Å². The zero-order valence-electron chi connectivity index (χ0n) is 13.5. The number of fused-ring (bicyclic) bond motifs is 3. The minimum atomic E-state index is -0.689. The van der Waals surface area contributed by atoms with Crippen LogP contribution < -0.4 is 0 Å². The van der Waals surface area contributed by atoms with Crippen LogP contribution >= 0.6 is 11.6 Å². The molecule has 24 heavy (non-hydrogen) atoms. The van der Waals surface area contributed by atoms with E-state index in [0.29, 0.717) is 6.42 Å². The van der Waals surface area contributed by atoms with E-state index in [9.17, 15) is 9.59 Å². The molecule has 0 bridgehead atoms. The highest BCUT2D eigenvalue weighted by Crippen LogP contribution is 2.45. The summed E-state index contributed by atoms with van der Waals surface area (Å²) in [6, 6.07) is 15.0. The van der Waals surface area contributed by atoms with E-state index in [-0.39, 0.29) is 0 Å². The van der Waals surface area contributed by atoms with Gasteiger partial charge in [0.05, 0.1) is 0 Å². The van der Waals surface area contributed by atoms with Crippen molar-refractivity contribution in [2.24, 2.45) is 0 Å².